The molecule has 0 radical (unpaired) electrons. The molecule has 12 heteroatoms. The Bertz CT molecular complexity index is 1220. The van der Waals surface area contributed by atoms with Crippen LogP contribution < -0.4 is 15.6 Å². The minimum absolute atomic E-state index is 0.0759. The second-order valence-electron chi connectivity index (χ2n) is 7.78. The van der Waals surface area contributed by atoms with Gasteiger partial charge in [0.2, 0.25) is 5.70 Å². The molecule has 0 aliphatic carbocycles. The van der Waals surface area contributed by atoms with Gasteiger partial charge < -0.3 is 21.0 Å². The molecule has 4 N–H and O–H groups in total. The van der Waals surface area contributed by atoms with E-state index in [0.29, 0.717) is 18.5 Å². The van der Waals surface area contributed by atoms with Crippen LogP contribution in [-0.2, 0) is 19.2 Å². The summed E-state index contributed by atoms with van der Waals surface area (Å²) in [5.74, 6) is -2.35. The number of β-lactam (4-membered cyclic amide) rings is 1. The van der Waals surface area contributed by atoms with E-state index < -0.39 is 29.9 Å². The van der Waals surface area contributed by atoms with Gasteiger partial charge in [-0.2, -0.15) is 4.57 Å². The second-order valence-corrected chi connectivity index (χ2v) is 8.67. The Labute approximate surface area is 193 Å². The molecule has 2 atom stereocenters. The van der Waals surface area contributed by atoms with E-state index in [0.717, 1.165) is 22.5 Å². The van der Waals surface area contributed by atoms with Crippen molar-refractivity contribution in [3.63, 3.8) is 0 Å². The van der Waals surface area contributed by atoms with Crippen molar-refractivity contribution in [2.75, 3.05) is 12.8 Å². The quantitative estimate of drug-likeness (QED) is 0.239. The summed E-state index contributed by atoms with van der Waals surface area (Å²) in [5, 5.41) is 18.1. The van der Waals surface area contributed by atoms with Crippen LogP contribution in [0.25, 0.3) is 5.70 Å². The van der Waals surface area contributed by atoms with Crippen LogP contribution in [0.1, 0.15) is 29.7 Å². The summed E-state index contributed by atoms with van der Waals surface area (Å²) in [6.45, 7) is 3.91. The summed E-state index contributed by atoms with van der Waals surface area (Å²) in [6, 6.07) is 0.542. The van der Waals surface area contributed by atoms with Gasteiger partial charge in [-0.3, -0.25) is 14.5 Å². The first-order valence-electron chi connectivity index (χ1n) is 10.1. The molecule has 2 aromatic rings. The van der Waals surface area contributed by atoms with Crippen molar-refractivity contribution in [3.8, 4) is 0 Å². The third-order valence-corrected chi connectivity index (χ3v) is 6.49. The van der Waals surface area contributed by atoms with E-state index in [1.54, 1.807) is 16.1 Å². The lowest BCUT2D eigenvalue weighted by molar-refractivity contribution is -0.585. The number of hydrogen-bond donors (Lipinski definition) is 3. The maximum atomic E-state index is 13.0. The number of carboxylic acids is 1. The van der Waals surface area contributed by atoms with E-state index in [2.05, 4.69) is 15.5 Å². The molecule has 1 saturated heterocycles. The molecular weight excluding hydrogens is 448 g/mol. The number of nitrogen functional groups attached to an aromatic ring is 1. The minimum atomic E-state index is -1.20. The number of aromatic nitrogens is 2. The minimum Gasteiger partial charge on any atom is -0.476 e. The molecule has 1 fully saturated rings. The van der Waals surface area contributed by atoms with Crippen molar-refractivity contribution in [3.05, 3.63) is 46.4 Å². The fourth-order valence-corrected chi connectivity index (χ4v) is 4.59. The zero-order valence-electron chi connectivity index (χ0n) is 18.2. The highest BCUT2D eigenvalue weighted by Gasteiger charge is 2.55. The molecule has 4 heterocycles. The van der Waals surface area contributed by atoms with Gasteiger partial charge in [-0.1, -0.05) is 5.16 Å². The Morgan fingerprint density at radius 3 is 2.76 bits per heavy atom. The third kappa shape index (κ3) is 3.93. The van der Waals surface area contributed by atoms with Gasteiger partial charge in [0, 0.05) is 23.4 Å². The lowest BCUT2D eigenvalue weighted by Gasteiger charge is -2.48. The van der Waals surface area contributed by atoms with Crippen LogP contribution in [0, 0.1) is 13.8 Å². The van der Waals surface area contributed by atoms with Crippen molar-refractivity contribution in [2.24, 2.45) is 5.16 Å². The van der Waals surface area contributed by atoms with Gasteiger partial charge in [0.05, 0.1) is 6.04 Å². The predicted octanol–water partition coefficient (Wildman–Crippen LogP) is 0.423. The second kappa shape index (κ2) is 8.62. The average molecular weight is 472 g/mol. The highest BCUT2D eigenvalue weighted by Crippen LogP contribution is 2.37. The van der Waals surface area contributed by atoms with Gasteiger partial charge >= 0.3 is 5.97 Å². The average Bonchev–Trinajstić information content (AvgIpc) is 3.22. The van der Waals surface area contributed by atoms with Crippen LogP contribution in [0.3, 0.4) is 0 Å². The van der Waals surface area contributed by atoms with Crippen LogP contribution in [0.4, 0.5) is 5.13 Å². The number of aliphatic carboxylic acids is 1. The standard InChI is InChI=1S/C21H22N6O5S/c1-10-6-7-26(8-11(10)2)14-5-4-13-16(19(29)27(13)17(14)20(30)31)24-18(28)15(25-32-3)12-9-33-21(22)23-12/h6-9,13,16H,4-5H2,1-3H3,(H3-,22,23,24,28,30,31)/p+1/b25-15-/t13-,16+/m1/s1. The van der Waals surface area contributed by atoms with Gasteiger partial charge in [0.25, 0.3) is 11.8 Å². The Balaban J connectivity index is 1.59. The molecular formula is C21H23N6O5S+. The maximum absolute atomic E-state index is 13.0. The van der Waals surface area contributed by atoms with Crippen LogP contribution in [-0.4, -0.2) is 57.7 Å². The van der Waals surface area contributed by atoms with Crippen LogP contribution in [0.5, 0.6) is 0 Å². The van der Waals surface area contributed by atoms with E-state index in [1.165, 1.54) is 12.0 Å². The summed E-state index contributed by atoms with van der Waals surface area (Å²) < 4.78 is 1.75. The van der Waals surface area contributed by atoms with E-state index in [4.69, 9.17) is 10.6 Å². The summed E-state index contributed by atoms with van der Waals surface area (Å²) in [4.78, 5) is 48.0. The van der Waals surface area contributed by atoms with Crippen molar-refractivity contribution in [2.45, 2.75) is 38.8 Å². The first-order chi connectivity index (χ1) is 15.7. The molecule has 11 nitrogen and oxygen atoms in total. The molecule has 0 saturated carbocycles. The van der Waals surface area contributed by atoms with Crippen LogP contribution in [0.2, 0.25) is 0 Å². The van der Waals surface area contributed by atoms with Gasteiger partial charge in [0.1, 0.15) is 18.8 Å². The largest absolute Gasteiger partial charge is 0.476 e. The predicted molar refractivity (Wildman–Crippen MR) is 119 cm³/mol. The van der Waals surface area contributed by atoms with E-state index in [9.17, 15) is 19.5 Å². The van der Waals surface area contributed by atoms with E-state index >= 15 is 0 Å². The van der Waals surface area contributed by atoms with Crippen molar-refractivity contribution >= 4 is 45.7 Å². The number of amides is 2. The van der Waals surface area contributed by atoms with Crippen molar-refractivity contribution < 1.29 is 28.9 Å². The highest BCUT2D eigenvalue weighted by atomic mass is 32.1. The fourth-order valence-electron chi connectivity index (χ4n) is 4.04. The number of anilines is 1. The first-order valence-corrected chi connectivity index (χ1v) is 11.0. The number of nitrogens with zero attached hydrogens (tertiary/aromatic N) is 4. The topological polar surface area (TPSA) is 151 Å². The molecule has 0 aromatic carbocycles. The number of carbonyl (C=O) groups excluding carboxylic acids is 2. The highest BCUT2D eigenvalue weighted by molar-refractivity contribution is 7.13. The number of allylic oxidation sites excluding steroid dienone is 1. The van der Waals surface area contributed by atoms with Gasteiger partial charge in [0.15, 0.2) is 28.9 Å². The Morgan fingerprint density at radius 1 is 1.39 bits per heavy atom. The number of carboxylic acid groups (broad SMARTS) is 1. The van der Waals surface area contributed by atoms with Crippen molar-refractivity contribution in [1.29, 1.82) is 0 Å². The molecule has 172 valence electrons. The molecule has 0 spiro atoms. The smallest absolute Gasteiger partial charge is 0.359 e. The Kier molecular flexibility index (Phi) is 5.85. The number of oxime groups is 1. The summed E-state index contributed by atoms with van der Waals surface area (Å²) in [6.07, 6.45) is 4.56. The summed E-state index contributed by atoms with van der Waals surface area (Å²) in [5.41, 5.74) is 8.28. The molecule has 4 rings (SSSR count). The van der Waals surface area contributed by atoms with Crippen LogP contribution >= 0.6 is 11.3 Å². The molecule has 0 bridgehead atoms. The van der Waals surface area contributed by atoms with Crippen LogP contribution in [0.15, 0.2) is 34.7 Å². The molecule has 2 amide bonds. The third-order valence-electron chi connectivity index (χ3n) is 5.81. The Hall–Kier alpha value is -3.80. The monoisotopic (exact) mass is 471 g/mol. The van der Waals surface area contributed by atoms with Crippen molar-refractivity contribution in [1.82, 2.24) is 15.2 Å². The number of nitrogens with one attached hydrogen (secondary N) is 1. The summed E-state index contributed by atoms with van der Waals surface area (Å²) >= 11 is 1.14. The number of thiazole rings is 1. The number of pyridine rings is 1. The van der Waals surface area contributed by atoms with E-state index in [-0.39, 0.29) is 22.2 Å². The number of nitrogens with two attached hydrogens (primary N) is 1. The normalized spacial score (nSPS) is 20.3. The maximum Gasteiger partial charge on any atom is 0.359 e. The zero-order chi connectivity index (χ0) is 23.9. The number of carbonyl (C=O) groups is 3. The fraction of sp³-hybridized carbons (Fsp3) is 0.333. The molecule has 33 heavy (non-hydrogen) atoms. The van der Waals surface area contributed by atoms with E-state index in [1.807, 2.05) is 26.1 Å². The molecule has 2 aliphatic heterocycles. The lowest BCUT2D eigenvalue weighted by Crippen LogP contribution is -2.72. The zero-order valence-corrected chi connectivity index (χ0v) is 19.0. The Morgan fingerprint density at radius 2 is 2.15 bits per heavy atom. The molecule has 2 aromatic heterocycles. The van der Waals surface area contributed by atoms with Gasteiger partial charge in [-0.25, -0.2) is 9.78 Å². The number of fused-ring (bicyclic) bond motifs is 1. The molecule has 0 unspecified atom stereocenters. The SMILES string of the molecule is CO/N=C(\C(=O)N[C@@H]1C(=O)N2C(C(=O)O)=C([n+]3ccc(C)c(C)c3)CC[C@H]12)c1csc(N)n1. The number of aryl methyl sites for hydroxylation is 2. The number of hydrogen-bond acceptors (Lipinski definition) is 8. The van der Waals surface area contributed by atoms with Gasteiger partial charge in [-0.15, -0.1) is 11.3 Å². The van der Waals surface area contributed by atoms with Gasteiger partial charge in [-0.05, 0) is 25.8 Å². The lowest BCUT2D eigenvalue weighted by atomic mass is 9.85. The number of rotatable bonds is 6. The summed E-state index contributed by atoms with van der Waals surface area (Å²) in [7, 11) is 1.29. The first kappa shape index (κ1) is 22.4. The molecule has 2 aliphatic rings.